The molecule has 0 amide bonds. The minimum absolute atomic E-state index is 0.135. The van der Waals surface area contributed by atoms with E-state index in [9.17, 15) is 0 Å². The predicted octanol–water partition coefficient (Wildman–Crippen LogP) is 4.69. The normalized spacial score (nSPS) is 12.4. The van der Waals surface area contributed by atoms with Crippen LogP contribution >= 0.6 is 23.4 Å². The minimum Gasteiger partial charge on any atom is -0.328 e. The third kappa shape index (κ3) is 4.00. The molecule has 0 fully saturated rings. The standard InChI is InChI=1S/C16H18ClNS/c1-11-5-3-7-14(9-11)19-16-13(10-12(2)18)6-4-8-15(16)17/h3-9,12H,10,18H2,1-2H3. The Kier molecular flexibility index (Phi) is 4.92. The van der Waals surface area contributed by atoms with E-state index in [0.29, 0.717) is 0 Å². The second-order valence-electron chi connectivity index (χ2n) is 4.83. The minimum atomic E-state index is 0.135. The Hall–Kier alpha value is -0.960. The van der Waals surface area contributed by atoms with Gasteiger partial charge in [0.15, 0.2) is 0 Å². The van der Waals surface area contributed by atoms with Gasteiger partial charge in [0.1, 0.15) is 0 Å². The monoisotopic (exact) mass is 291 g/mol. The van der Waals surface area contributed by atoms with Gasteiger partial charge in [-0.1, -0.05) is 53.2 Å². The molecule has 100 valence electrons. The van der Waals surface area contributed by atoms with Crippen molar-refractivity contribution in [2.24, 2.45) is 5.73 Å². The summed E-state index contributed by atoms with van der Waals surface area (Å²) in [5.74, 6) is 0. The molecule has 19 heavy (non-hydrogen) atoms. The average molecular weight is 292 g/mol. The molecule has 0 spiro atoms. The number of aryl methyl sites for hydroxylation is 1. The summed E-state index contributed by atoms with van der Waals surface area (Å²) in [5.41, 5.74) is 8.38. The molecular formula is C16H18ClNS. The summed E-state index contributed by atoms with van der Waals surface area (Å²) in [6.45, 7) is 4.11. The second-order valence-corrected chi connectivity index (χ2v) is 6.32. The lowest BCUT2D eigenvalue weighted by Crippen LogP contribution is -2.18. The molecule has 0 saturated carbocycles. The third-order valence-electron chi connectivity index (χ3n) is 2.80. The van der Waals surface area contributed by atoms with Crippen LogP contribution in [0.1, 0.15) is 18.1 Å². The number of hydrogen-bond acceptors (Lipinski definition) is 2. The highest BCUT2D eigenvalue weighted by atomic mass is 35.5. The second kappa shape index (κ2) is 6.47. The zero-order valence-electron chi connectivity index (χ0n) is 11.2. The summed E-state index contributed by atoms with van der Waals surface area (Å²) in [6.07, 6.45) is 0.842. The Morgan fingerprint density at radius 2 is 1.95 bits per heavy atom. The SMILES string of the molecule is Cc1cccc(Sc2c(Cl)cccc2CC(C)N)c1. The first-order chi connectivity index (χ1) is 9.06. The van der Waals surface area contributed by atoms with E-state index in [-0.39, 0.29) is 6.04 Å². The van der Waals surface area contributed by atoms with Gasteiger partial charge < -0.3 is 5.73 Å². The molecule has 0 aromatic heterocycles. The van der Waals surface area contributed by atoms with Crippen molar-refractivity contribution in [3.05, 3.63) is 58.6 Å². The van der Waals surface area contributed by atoms with Gasteiger partial charge in [-0.05, 0) is 44.0 Å². The van der Waals surface area contributed by atoms with Crippen molar-refractivity contribution < 1.29 is 0 Å². The summed E-state index contributed by atoms with van der Waals surface area (Å²) < 4.78 is 0. The molecule has 2 N–H and O–H groups in total. The van der Waals surface area contributed by atoms with E-state index in [1.165, 1.54) is 16.0 Å². The van der Waals surface area contributed by atoms with Crippen LogP contribution in [0.4, 0.5) is 0 Å². The van der Waals surface area contributed by atoms with Crippen LogP contribution in [0.15, 0.2) is 52.3 Å². The van der Waals surface area contributed by atoms with Gasteiger partial charge in [-0.15, -0.1) is 0 Å². The van der Waals surface area contributed by atoms with Crippen LogP contribution in [0, 0.1) is 6.92 Å². The third-order valence-corrected chi connectivity index (χ3v) is 4.40. The van der Waals surface area contributed by atoms with E-state index >= 15 is 0 Å². The maximum atomic E-state index is 6.34. The highest BCUT2D eigenvalue weighted by Gasteiger charge is 2.10. The summed E-state index contributed by atoms with van der Waals surface area (Å²) in [7, 11) is 0. The van der Waals surface area contributed by atoms with Gasteiger partial charge in [-0.25, -0.2) is 0 Å². The fourth-order valence-corrected chi connectivity index (χ4v) is 3.36. The summed E-state index contributed by atoms with van der Waals surface area (Å²) in [4.78, 5) is 2.33. The lowest BCUT2D eigenvalue weighted by molar-refractivity contribution is 0.729. The molecule has 2 rings (SSSR count). The van der Waals surface area contributed by atoms with E-state index in [1.54, 1.807) is 11.8 Å². The van der Waals surface area contributed by atoms with Gasteiger partial charge >= 0.3 is 0 Å². The quantitative estimate of drug-likeness (QED) is 0.884. The number of rotatable bonds is 4. The number of halogens is 1. The van der Waals surface area contributed by atoms with E-state index in [1.807, 2.05) is 19.1 Å². The maximum Gasteiger partial charge on any atom is 0.0548 e. The first kappa shape index (κ1) is 14.4. The molecule has 0 aliphatic rings. The number of hydrogen-bond donors (Lipinski definition) is 1. The molecule has 0 bridgehead atoms. The van der Waals surface area contributed by atoms with Crippen molar-refractivity contribution in [1.29, 1.82) is 0 Å². The summed E-state index contributed by atoms with van der Waals surface area (Å²) in [6, 6.07) is 14.6. The average Bonchev–Trinajstić information content (AvgIpc) is 2.33. The molecule has 0 aliphatic carbocycles. The van der Waals surface area contributed by atoms with E-state index in [4.69, 9.17) is 17.3 Å². The zero-order valence-corrected chi connectivity index (χ0v) is 12.8. The van der Waals surface area contributed by atoms with Crippen LogP contribution in [-0.2, 0) is 6.42 Å². The molecule has 3 heteroatoms. The van der Waals surface area contributed by atoms with E-state index in [0.717, 1.165) is 16.3 Å². The first-order valence-corrected chi connectivity index (χ1v) is 7.53. The number of nitrogens with two attached hydrogens (primary N) is 1. The molecule has 0 aliphatic heterocycles. The molecule has 2 aromatic carbocycles. The highest BCUT2D eigenvalue weighted by molar-refractivity contribution is 7.99. The van der Waals surface area contributed by atoms with Crippen LogP contribution in [0.25, 0.3) is 0 Å². The summed E-state index contributed by atoms with van der Waals surface area (Å²) in [5, 5.41) is 0.796. The van der Waals surface area contributed by atoms with E-state index < -0.39 is 0 Å². The fraction of sp³-hybridized carbons (Fsp3) is 0.250. The highest BCUT2D eigenvalue weighted by Crippen LogP contribution is 2.36. The summed E-state index contributed by atoms with van der Waals surface area (Å²) >= 11 is 8.05. The van der Waals surface area contributed by atoms with Crippen LogP contribution in [0.5, 0.6) is 0 Å². The molecule has 0 saturated heterocycles. The van der Waals surface area contributed by atoms with Crippen LogP contribution < -0.4 is 5.73 Å². The van der Waals surface area contributed by atoms with Crippen LogP contribution in [0.3, 0.4) is 0 Å². The Bertz CT molecular complexity index is 566. The van der Waals surface area contributed by atoms with Crippen molar-refractivity contribution in [2.75, 3.05) is 0 Å². The maximum absolute atomic E-state index is 6.34. The van der Waals surface area contributed by atoms with Crippen molar-refractivity contribution in [2.45, 2.75) is 36.1 Å². The Morgan fingerprint density at radius 3 is 2.63 bits per heavy atom. The van der Waals surface area contributed by atoms with Gasteiger partial charge in [0, 0.05) is 15.8 Å². The first-order valence-electron chi connectivity index (χ1n) is 6.34. The van der Waals surface area contributed by atoms with Gasteiger partial charge in [0.25, 0.3) is 0 Å². The van der Waals surface area contributed by atoms with Crippen LogP contribution in [-0.4, -0.2) is 6.04 Å². The molecular weight excluding hydrogens is 274 g/mol. The van der Waals surface area contributed by atoms with Gasteiger partial charge in [0.2, 0.25) is 0 Å². The van der Waals surface area contributed by atoms with Crippen molar-refractivity contribution in [3.63, 3.8) is 0 Å². The van der Waals surface area contributed by atoms with Gasteiger partial charge in [-0.2, -0.15) is 0 Å². The fourth-order valence-electron chi connectivity index (χ4n) is 1.97. The molecule has 1 nitrogen and oxygen atoms in total. The molecule has 0 radical (unpaired) electrons. The van der Waals surface area contributed by atoms with Gasteiger partial charge in [-0.3, -0.25) is 0 Å². The van der Waals surface area contributed by atoms with Crippen molar-refractivity contribution >= 4 is 23.4 Å². The Morgan fingerprint density at radius 1 is 1.21 bits per heavy atom. The largest absolute Gasteiger partial charge is 0.328 e. The Labute approximate surface area is 124 Å². The smallest absolute Gasteiger partial charge is 0.0548 e. The number of benzene rings is 2. The lowest BCUT2D eigenvalue weighted by Gasteiger charge is -2.13. The zero-order chi connectivity index (χ0) is 13.8. The van der Waals surface area contributed by atoms with Crippen LogP contribution in [0.2, 0.25) is 5.02 Å². The predicted molar refractivity (Wildman–Crippen MR) is 84.1 cm³/mol. The van der Waals surface area contributed by atoms with Crippen molar-refractivity contribution in [3.8, 4) is 0 Å². The molecule has 2 aromatic rings. The molecule has 0 heterocycles. The molecule has 1 atom stereocenters. The van der Waals surface area contributed by atoms with Gasteiger partial charge in [0.05, 0.1) is 5.02 Å². The lowest BCUT2D eigenvalue weighted by atomic mass is 10.1. The Balaban J connectivity index is 2.33. The van der Waals surface area contributed by atoms with E-state index in [2.05, 4.69) is 37.3 Å². The topological polar surface area (TPSA) is 26.0 Å². The molecule has 1 unspecified atom stereocenters. The van der Waals surface area contributed by atoms with Crippen molar-refractivity contribution in [1.82, 2.24) is 0 Å².